The molecule has 0 aliphatic heterocycles. The molecule has 0 aliphatic rings. The summed E-state index contributed by atoms with van der Waals surface area (Å²) in [6, 6.07) is 12.1. The minimum absolute atomic E-state index is 0.446. The summed E-state index contributed by atoms with van der Waals surface area (Å²) in [6.07, 6.45) is 2.07. The minimum Gasteiger partial charge on any atom is -0.485 e. The molecule has 0 saturated carbocycles. The van der Waals surface area contributed by atoms with Crippen molar-refractivity contribution in [2.75, 3.05) is 0 Å². The Bertz CT molecular complexity index is 764. The number of fused-ring (bicyclic) bond motifs is 1. The molecular formula is C16H15BrN2O. The molecule has 0 spiro atoms. The van der Waals surface area contributed by atoms with Gasteiger partial charge in [-0.05, 0) is 53.0 Å². The van der Waals surface area contributed by atoms with Crippen molar-refractivity contribution in [2.24, 2.45) is 0 Å². The number of halogens is 1. The van der Waals surface area contributed by atoms with Gasteiger partial charge in [-0.25, -0.2) is 4.98 Å². The third-order valence-electron chi connectivity index (χ3n) is 3.26. The maximum atomic E-state index is 5.88. The number of rotatable bonds is 3. The van der Waals surface area contributed by atoms with E-state index in [1.807, 2.05) is 31.2 Å². The minimum atomic E-state index is 0.446. The monoisotopic (exact) mass is 330 g/mol. The molecule has 3 aromatic rings. The summed E-state index contributed by atoms with van der Waals surface area (Å²) < 4.78 is 8.80. The van der Waals surface area contributed by atoms with E-state index in [9.17, 15) is 0 Å². The van der Waals surface area contributed by atoms with Crippen molar-refractivity contribution in [1.82, 2.24) is 9.38 Å². The fourth-order valence-electron chi connectivity index (χ4n) is 2.18. The van der Waals surface area contributed by atoms with Gasteiger partial charge in [0.25, 0.3) is 0 Å². The highest BCUT2D eigenvalue weighted by Crippen LogP contribution is 2.22. The summed E-state index contributed by atoms with van der Waals surface area (Å²) in [7, 11) is 0. The molecule has 4 heteroatoms. The van der Waals surface area contributed by atoms with Crippen LogP contribution in [-0.2, 0) is 6.61 Å². The second-order valence-corrected chi connectivity index (χ2v) is 5.59. The Kier molecular flexibility index (Phi) is 3.49. The van der Waals surface area contributed by atoms with Gasteiger partial charge < -0.3 is 4.74 Å². The molecule has 2 aromatic heterocycles. The second-order valence-electron chi connectivity index (χ2n) is 4.83. The smallest absolute Gasteiger partial charge is 0.152 e. The topological polar surface area (TPSA) is 26.5 Å². The van der Waals surface area contributed by atoms with Crippen LogP contribution in [0.25, 0.3) is 5.52 Å². The number of benzene rings is 1. The number of aromatic nitrogens is 2. The van der Waals surface area contributed by atoms with Crippen LogP contribution in [0.4, 0.5) is 0 Å². The molecule has 2 heterocycles. The molecule has 0 fully saturated rings. The van der Waals surface area contributed by atoms with Crippen molar-refractivity contribution >= 4 is 21.4 Å². The van der Waals surface area contributed by atoms with Crippen LogP contribution in [0.2, 0.25) is 0 Å². The number of hydrogen-bond acceptors (Lipinski definition) is 2. The quantitative estimate of drug-likeness (QED) is 0.716. The summed E-state index contributed by atoms with van der Waals surface area (Å²) in [5.74, 6) is 1.78. The number of imidazole rings is 1. The normalized spacial score (nSPS) is 10.9. The first-order valence-corrected chi connectivity index (χ1v) is 7.26. The molecule has 0 aliphatic carbocycles. The first kappa shape index (κ1) is 13.2. The molecule has 1 aromatic carbocycles. The zero-order valence-electron chi connectivity index (χ0n) is 11.4. The van der Waals surface area contributed by atoms with Crippen LogP contribution in [0.5, 0.6) is 5.75 Å². The Morgan fingerprint density at radius 2 is 1.95 bits per heavy atom. The number of pyridine rings is 1. The lowest BCUT2D eigenvalue weighted by atomic mass is 10.2. The van der Waals surface area contributed by atoms with E-state index >= 15 is 0 Å². The van der Waals surface area contributed by atoms with Gasteiger partial charge in [0.05, 0.1) is 5.52 Å². The lowest BCUT2D eigenvalue weighted by Crippen LogP contribution is -2.02. The Hall–Kier alpha value is -1.81. The first-order valence-electron chi connectivity index (χ1n) is 6.46. The van der Waals surface area contributed by atoms with Gasteiger partial charge in [0, 0.05) is 6.20 Å². The molecule has 0 bridgehead atoms. The zero-order chi connectivity index (χ0) is 14.1. The third-order valence-corrected chi connectivity index (χ3v) is 3.85. The van der Waals surface area contributed by atoms with Gasteiger partial charge in [-0.3, -0.25) is 4.40 Å². The summed E-state index contributed by atoms with van der Waals surface area (Å²) in [4.78, 5) is 4.53. The molecule has 0 amide bonds. The average molecular weight is 331 g/mol. The standard InChI is InChI=1S/C16H15BrN2O/c1-11-7-8-13-16(17)18-15(19(13)9-11)10-20-14-6-4-3-5-12(14)2/h3-9H,10H2,1-2H3. The van der Waals surface area contributed by atoms with Gasteiger partial charge >= 0.3 is 0 Å². The predicted molar refractivity (Wildman–Crippen MR) is 83.1 cm³/mol. The molecule has 0 radical (unpaired) electrons. The van der Waals surface area contributed by atoms with E-state index in [1.54, 1.807) is 0 Å². The fraction of sp³-hybridized carbons (Fsp3) is 0.188. The maximum absolute atomic E-state index is 5.88. The Balaban J connectivity index is 1.92. The molecule has 0 saturated heterocycles. The van der Waals surface area contributed by atoms with Crippen LogP contribution in [0.1, 0.15) is 17.0 Å². The van der Waals surface area contributed by atoms with E-state index in [-0.39, 0.29) is 0 Å². The SMILES string of the molecule is Cc1ccc2c(Br)nc(COc3ccccc3C)n2c1. The summed E-state index contributed by atoms with van der Waals surface area (Å²) >= 11 is 3.50. The van der Waals surface area contributed by atoms with Crippen molar-refractivity contribution in [3.05, 3.63) is 64.1 Å². The maximum Gasteiger partial charge on any atom is 0.152 e. The van der Waals surface area contributed by atoms with Crippen molar-refractivity contribution in [1.29, 1.82) is 0 Å². The van der Waals surface area contributed by atoms with Crippen LogP contribution >= 0.6 is 15.9 Å². The van der Waals surface area contributed by atoms with Crippen molar-refractivity contribution < 1.29 is 4.74 Å². The number of para-hydroxylation sites is 1. The molecule has 0 unspecified atom stereocenters. The van der Waals surface area contributed by atoms with Gasteiger partial charge in [-0.15, -0.1) is 0 Å². The van der Waals surface area contributed by atoms with E-state index < -0.39 is 0 Å². The Labute approximate surface area is 126 Å². The van der Waals surface area contributed by atoms with Crippen molar-refractivity contribution in [2.45, 2.75) is 20.5 Å². The van der Waals surface area contributed by atoms with Gasteiger partial charge in [-0.2, -0.15) is 0 Å². The highest BCUT2D eigenvalue weighted by molar-refractivity contribution is 9.10. The van der Waals surface area contributed by atoms with E-state index in [4.69, 9.17) is 4.74 Å². The number of hydrogen-bond donors (Lipinski definition) is 0. The fourth-order valence-corrected chi connectivity index (χ4v) is 2.70. The van der Waals surface area contributed by atoms with Gasteiger partial charge in [-0.1, -0.05) is 24.3 Å². The molecule has 0 atom stereocenters. The molecule has 3 rings (SSSR count). The second kappa shape index (κ2) is 5.29. The molecule has 0 N–H and O–H groups in total. The third kappa shape index (κ3) is 2.43. The van der Waals surface area contributed by atoms with Gasteiger partial charge in [0.2, 0.25) is 0 Å². The summed E-state index contributed by atoms with van der Waals surface area (Å²) in [6.45, 7) is 4.56. The first-order chi connectivity index (χ1) is 9.65. The van der Waals surface area contributed by atoms with Crippen LogP contribution < -0.4 is 4.74 Å². The van der Waals surface area contributed by atoms with Crippen LogP contribution in [0.15, 0.2) is 47.2 Å². The highest BCUT2D eigenvalue weighted by atomic mass is 79.9. The zero-order valence-corrected chi connectivity index (χ0v) is 13.0. The average Bonchev–Trinajstić information content (AvgIpc) is 2.74. The number of nitrogens with zero attached hydrogens (tertiary/aromatic N) is 2. The molecule has 3 nitrogen and oxygen atoms in total. The Morgan fingerprint density at radius 3 is 2.75 bits per heavy atom. The van der Waals surface area contributed by atoms with Crippen molar-refractivity contribution in [3.63, 3.8) is 0 Å². The van der Waals surface area contributed by atoms with E-state index in [0.29, 0.717) is 6.61 Å². The lowest BCUT2D eigenvalue weighted by Gasteiger charge is -2.08. The molecule has 102 valence electrons. The molecular weight excluding hydrogens is 316 g/mol. The number of ether oxygens (including phenoxy) is 1. The number of aryl methyl sites for hydroxylation is 2. The highest BCUT2D eigenvalue weighted by Gasteiger charge is 2.10. The summed E-state index contributed by atoms with van der Waals surface area (Å²) in [5.41, 5.74) is 3.38. The van der Waals surface area contributed by atoms with Crippen LogP contribution in [0, 0.1) is 13.8 Å². The van der Waals surface area contributed by atoms with E-state index in [0.717, 1.165) is 27.3 Å². The van der Waals surface area contributed by atoms with Gasteiger partial charge in [0.1, 0.15) is 17.0 Å². The van der Waals surface area contributed by atoms with Gasteiger partial charge in [0.15, 0.2) is 5.82 Å². The Morgan fingerprint density at radius 1 is 1.15 bits per heavy atom. The van der Waals surface area contributed by atoms with Crippen LogP contribution in [-0.4, -0.2) is 9.38 Å². The largest absolute Gasteiger partial charge is 0.485 e. The predicted octanol–water partition coefficient (Wildman–Crippen LogP) is 4.29. The lowest BCUT2D eigenvalue weighted by molar-refractivity contribution is 0.293. The van der Waals surface area contributed by atoms with Crippen LogP contribution in [0.3, 0.4) is 0 Å². The van der Waals surface area contributed by atoms with E-state index in [2.05, 4.69) is 50.6 Å². The van der Waals surface area contributed by atoms with E-state index in [1.165, 1.54) is 5.56 Å². The summed E-state index contributed by atoms with van der Waals surface area (Å²) in [5, 5.41) is 0. The molecule has 20 heavy (non-hydrogen) atoms. The van der Waals surface area contributed by atoms with Crippen molar-refractivity contribution in [3.8, 4) is 5.75 Å².